The first-order valence-electron chi connectivity index (χ1n) is 8.31. The molecule has 5 nitrogen and oxygen atoms in total. The maximum absolute atomic E-state index is 12.3. The van der Waals surface area contributed by atoms with Crippen molar-refractivity contribution in [2.45, 2.75) is 32.4 Å². The van der Waals surface area contributed by atoms with Gasteiger partial charge in [0.05, 0.1) is 7.11 Å². The maximum Gasteiger partial charge on any atom is 0.327 e. The van der Waals surface area contributed by atoms with Crippen LogP contribution < -0.4 is 0 Å². The normalized spacial score (nSPS) is 14.6. The van der Waals surface area contributed by atoms with Crippen LogP contribution in [0.3, 0.4) is 0 Å². The Balaban J connectivity index is 0.000000431. The number of ether oxygens (including phenoxy) is 1. The minimum absolute atomic E-state index is 0.222. The molecule has 1 atom stereocenters. The topological polar surface area (TPSA) is 66.8 Å². The molecule has 0 saturated carbocycles. The molecule has 7 heteroatoms. The Morgan fingerprint density at radius 2 is 2.04 bits per heavy atom. The summed E-state index contributed by atoms with van der Waals surface area (Å²) < 4.78 is 5.01. The van der Waals surface area contributed by atoms with Crippen molar-refractivity contribution in [1.82, 2.24) is 4.90 Å². The van der Waals surface area contributed by atoms with E-state index in [9.17, 15) is 9.59 Å². The summed E-state index contributed by atoms with van der Waals surface area (Å²) in [6, 6.07) is 9.16. The second-order valence-electron chi connectivity index (χ2n) is 5.78. The molecule has 1 aliphatic heterocycles. The van der Waals surface area contributed by atoms with E-state index in [1.165, 1.54) is 17.6 Å². The highest BCUT2D eigenvalue weighted by Gasteiger charge is 2.32. The standard InChI is InChI=1S/C16H16ClNO2S.C3H6O2/c1-20-16(19)15(12-4-2-3-5-13(12)17)18-8-6-14-11(10-18)7-9-21-14;1-2-3(4)5/h2-5,7,9,15H,6,8,10H2,1H3;2H2,1H3,(H,4,5)/t15-;/m1./s1. The fourth-order valence-corrected chi connectivity index (χ4v) is 3.90. The minimum atomic E-state index is -0.745. The second kappa shape index (κ2) is 9.71. The molecule has 0 amide bonds. The summed E-state index contributed by atoms with van der Waals surface area (Å²) >= 11 is 8.07. The summed E-state index contributed by atoms with van der Waals surface area (Å²) in [4.78, 5) is 25.2. The summed E-state index contributed by atoms with van der Waals surface area (Å²) in [6.07, 6.45) is 1.19. The smallest absolute Gasteiger partial charge is 0.327 e. The molecule has 0 saturated heterocycles. The minimum Gasteiger partial charge on any atom is -0.481 e. The van der Waals surface area contributed by atoms with Crippen molar-refractivity contribution in [3.63, 3.8) is 0 Å². The number of methoxy groups -OCH3 is 1. The molecule has 1 aliphatic rings. The van der Waals surface area contributed by atoms with Crippen LogP contribution in [0.15, 0.2) is 35.7 Å². The third kappa shape index (κ3) is 5.06. The number of fused-ring (bicyclic) bond motifs is 1. The number of halogens is 1. The van der Waals surface area contributed by atoms with Gasteiger partial charge in [0.15, 0.2) is 0 Å². The first kappa shape index (κ1) is 20.4. The number of hydrogen-bond donors (Lipinski definition) is 1. The third-order valence-electron chi connectivity index (χ3n) is 4.13. The number of carboxylic acid groups (broad SMARTS) is 1. The van der Waals surface area contributed by atoms with Crippen LogP contribution in [-0.4, -0.2) is 35.6 Å². The molecule has 140 valence electrons. The lowest BCUT2D eigenvalue weighted by atomic mass is 10.0. The van der Waals surface area contributed by atoms with Crippen LogP contribution in [0.2, 0.25) is 5.02 Å². The van der Waals surface area contributed by atoms with Crippen molar-refractivity contribution in [3.05, 3.63) is 56.7 Å². The quantitative estimate of drug-likeness (QED) is 0.787. The molecule has 0 aliphatic carbocycles. The van der Waals surface area contributed by atoms with Crippen molar-refractivity contribution in [2.24, 2.45) is 0 Å². The zero-order valence-electron chi connectivity index (χ0n) is 14.8. The van der Waals surface area contributed by atoms with Crippen molar-refractivity contribution >= 4 is 34.9 Å². The first-order chi connectivity index (χ1) is 12.5. The molecule has 2 aromatic rings. The highest BCUT2D eigenvalue weighted by atomic mass is 35.5. The molecule has 0 bridgehead atoms. The SMILES string of the molecule is CCC(=O)O.COC(=O)[C@@H](c1ccccc1Cl)N1CCc2sccc2C1. The Morgan fingerprint density at radius 1 is 1.35 bits per heavy atom. The van der Waals surface area contributed by atoms with Gasteiger partial charge in [0.1, 0.15) is 6.04 Å². The molecule has 1 aromatic carbocycles. The van der Waals surface area contributed by atoms with Crippen LogP contribution in [0.1, 0.15) is 35.4 Å². The lowest BCUT2D eigenvalue weighted by molar-refractivity contribution is -0.147. The number of nitrogens with zero attached hydrogens (tertiary/aromatic N) is 1. The Hall–Kier alpha value is -1.89. The van der Waals surface area contributed by atoms with Crippen LogP contribution in [0.5, 0.6) is 0 Å². The molecule has 0 unspecified atom stereocenters. The van der Waals surface area contributed by atoms with Crippen molar-refractivity contribution < 1.29 is 19.4 Å². The van der Waals surface area contributed by atoms with Crippen LogP contribution in [0.4, 0.5) is 0 Å². The number of carboxylic acids is 1. The Bertz CT molecular complexity index is 762. The van der Waals surface area contributed by atoms with Gasteiger partial charge < -0.3 is 9.84 Å². The molecular formula is C19H22ClNO4S. The van der Waals surface area contributed by atoms with Gasteiger partial charge in [-0.1, -0.05) is 36.7 Å². The number of esters is 1. The highest BCUT2D eigenvalue weighted by molar-refractivity contribution is 7.10. The fourth-order valence-electron chi connectivity index (χ4n) is 2.77. The summed E-state index contributed by atoms with van der Waals surface area (Å²) in [7, 11) is 1.42. The number of aliphatic carboxylic acids is 1. The van der Waals surface area contributed by atoms with E-state index in [2.05, 4.69) is 16.3 Å². The summed E-state index contributed by atoms with van der Waals surface area (Å²) in [5, 5.41) is 10.4. The third-order valence-corrected chi connectivity index (χ3v) is 5.50. The number of thiophene rings is 1. The van der Waals surface area contributed by atoms with Crippen molar-refractivity contribution in [1.29, 1.82) is 0 Å². The first-order valence-corrected chi connectivity index (χ1v) is 9.57. The number of carbonyl (C=O) groups excluding carboxylic acids is 1. The van der Waals surface area contributed by atoms with E-state index in [4.69, 9.17) is 21.4 Å². The molecule has 26 heavy (non-hydrogen) atoms. The molecular weight excluding hydrogens is 374 g/mol. The Labute approximate surface area is 162 Å². The molecule has 0 fully saturated rings. The summed E-state index contributed by atoms with van der Waals surface area (Å²) in [6.45, 7) is 3.19. The second-order valence-corrected chi connectivity index (χ2v) is 7.19. The molecule has 2 heterocycles. The lowest BCUT2D eigenvalue weighted by Gasteiger charge is -2.33. The summed E-state index contributed by atoms with van der Waals surface area (Å²) in [5.41, 5.74) is 2.11. The monoisotopic (exact) mass is 395 g/mol. The number of hydrogen-bond acceptors (Lipinski definition) is 5. The van der Waals surface area contributed by atoms with E-state index in [0.717, 1.165) is 25.1 Å². The zero-order valence-corrected chi connectivity index (χ0v) is 16.3. The van der Waals surface area contributed by atoms with Crippen LogP contribution in [0, 0.1) is 0 Å². The van der Waals surface area contributed by atoms with E-state index in [1.807, 2.05) is 24.3 Å². The lowest BCUT2D eigenvalue weighted by Crippen LogP contribution is -2.38. The van der Waals surface area contributed by atoms with Gasteiger partial charge >= 0.3 is 11.9 Å². The molecule has 0 radical (unpaired) electrons. The van der Waals surface area contributed by atoms with Crippen LogP contribution >= 0.6 is 22.9 Å². The van der Waals surface area contributed by atoms with Crippen LogP contribution in [0.25, 0.3) is 0 Å². The largest absolute Gasteiger partial charge is 0.481 e. The predicted molar refractivity (Wildman–Crippen MR) is 103 cm³/mol. The van der Waals surface area contributed by atoms with E-state index in [0.29, 0.717) is 5.02 Å². The average molecular weight is 396 g/mol. The number of benzene rings is 1. The fraction of sp³-hybridized carbons (Fsp3) is 0.368. The predicted octanol–water partition coefficient (Wildman–Crippen LogP) is 4.15. The van der Waals surface area contributed by atoms with Gasteiger partial charge in [0.25, 0.3) is 0 Å². The molecule has 3 rings (SSSR count). The molecule has 1 aromatic heterocycles. The summed E-state index contributed by atoms with van der Waals surface area (Å²) in [5.74, 6) is -1.01. The van der Waals surface area contributed by atoms with Gasteiger partial charge in [-0.15, -0.1) is 11.3 Å². The highest BCUT2D eigenvalue weighted by Crippen LogP contribution is 2.33. The number of carbonyl (C=O) groups is 2. The molecule has 0 spiro atoms. The molecule has 1 N–H and O–H groups in total. The van der Waals surface area contributed by atoms with Gasteiger partial charge in [-0.3, -0.25) is 9.69 Å². The van der Waals surface area contributed by atoms with Crippen molar-refractivity contribution in [3.8, 4) is 0 Å². The van der Waals surface area contributed by atoms with Crippen LogP contribution in [-0.2, 0) is 27.3 Å². The van der Waals surface area contributed by atoms with Gasteiger partial charge in [0, 0.05) is 29.4 Å². The van der Waals surface area contributed by atoms with Gasteiger partial charge in [-0.25, -0.2) is 4.79 Å². The van der Waals surface area contributed by atoms with Crippen molar-refractivity contribution in [2.75, 3.05) is 13.7 Å². The van der Waals surface area contributed by atoms with Gasteiger partial charge in [-0.2, -0.15) is 0 Å². The zero-order chi connectivity index (χ0) is 19.1. The van der Waals surface area contributed by atoms with E-state index >= 15 is 0 Å². The van der Waals surface area contributed by atoms with Gasteiger partial charge in [-0.05, 0) is 35.1 Å². The average Bonchev–Trinajstić information content (AvgIpc) is 3.11. The Kier molecular flexibility index (Phi) is 7.63. The number of rotatable bonds is 4. The Morgan fingerprint density at radius 3 is 2.65 bits per heavy atom. The maximum atomic E-state index is 12.3. The van der Waals surface area contributed by atoms with E-state index in [1.54, 1.807) is 18.3 Å². The van der Waals surface area contributed by atoms with Gasteiger partial charge in [0.2, 0.25) is 0 Å². The van der Waals surface area contributed by atoms with E-state index in [-0.39, 0.29) is 12.4 Å². The van der Waals surface area contributed by atoms with E-state index < -0.39 is 12.0 Å².